The van der Waals surface area contributed by atoms with Gasteiger partial charge in [-0.15, -0.1) is 0 Å². The quantitative estimate of drug-likeness (QED) is 0.424. The van der Waals surface area contributed by atoms with E-state index in [4.69, 9.17) is 14.2 Å². The summed E-state index contributed by atoms with van der Waals surface area (Å²) in [5, 5.41) is 13.3. The van der Waals surface area contributed by atoms with Crippen molar-refractivity contribution in [2.24, 2.45) is 0 Å². The van der Waals surface area contributed by atoms with Crippen LogP contribution >= 0.6 is 0 Å². The second kappa shape index (κ2) is 10.9. The van der Waals surface area contributed by atoms with Crippen molar-refractivity contribution in [3.05, 3.63) is 76.1 Å². The molecule has 0 aliphatic carbocycles. The molecule has 0 amide bonds. The summed E-state index contributed by atoms with van der Waals surface area (Å²) >= 11 is 0. The van der Waals surface area contributed by atoms with Gasteiger partial charge in [0.05, 0.1) is 26.9 Å². The molecular formula is C26H32N2O5. The summed E-state index contributed by atoms with van der Waals surface area (Å²) in [6.07, 6.45) is 0.748. The first-order chi connectivity index (χ1) is 15.9. The van der Waals surface area contributed by atoms with Gasteiger partial charge in [-0.2, -0.15) is 0 Å². The van der Waals surface area contributed by atoms with Crippen molar-refractivity contribution in [1.82, 2.24) is 9.88 Å². The lowest BCUT2D eigenvalue weighted by molar-refractivity contribution is 0.0694. The minimum Gasteiger partial charge on any atom is -0.497 e. The van der Waals surface area contributed by atoms with Gasteiger partial charge in [0.15, 0.2) is 0 Å². The van der Waals surface area contributed by atoms with Crippen LogP contribution in [0.3, 0.4) is 0 Å². The molecule has 7 nitrogen and oxygen atoms in total. The summed E-state index contributed by atoms with van der Waals surface area (Å²) in [5.74, 6) is 1.40. The first-order valence-corrected chi connectivity index (χ1v) is 10.9. The van der Waals surface area contributed by atoms with E-state index in [1.807, 2.05) is 56.3 Å². The summed E-state index contributed by atoms with van der Waals surface area (Å²) in [4.78, 5) is 12.1. The largest absolute Gasteiger partial charge is 0.497 e. The molecule has 0 bridgehead atoms. The number of methoxy groups -OCH3 is 3. The highest BCUT2D eigenvalue weighted by atomic mass is 16.5. The molecule has 0 saturated heterocycles. The second-order valence-corrected chi connectivity index (χ2v) is 7.87. The standard InChI is InChI=1S/C26H32N2O5/c1-17-23(15-27-12-11-20-9-10-22(32-4)14-24(20)33-5)25(26(29)30)18(2)28(17)16-19-7-6-8-21(13-19)31-3/h6-10,13-14,27H,11-12,15-16H2,1-5H3,(H,29,30). The molecule has 0 saturated carbocycles. The number of rotatable bonds is 11. The molecule has 3 rings (SSSR count). The molecule has 7 heteroatoms. The summed E-state index contributed by atoms with van der Waals surface area (Å²) in [6.45, 7) is 5.57. The maximum Gasteiger partial charge on any atom is 0.337 e. The Balaban J connectivity index is 1.75. The number of hydrogen-bond donors (Lipinski definition) is 2. The molecule has 1 aromatic heterocycles. The Bertz CT molecular complexity index is 1120. The molecule has 0 aliphatic rings. The first-order valence-electron chi connectivity index (χ1n) is 10.9. The van der Waals surface area contributed by atoms with Crippen LogP contribution in [0.1, 0.15) is 38.4 Å². The average molecular weight is 453 g/mol. The topological polar surface area (TPSA) is 82.0 Å². The Hall–Kier alpha value is -3.45. The lowest BCUT2D eigenvalue weighted by atomic mass is 10.1. The SMILES string of the molecule is COc1cccc(Cn2c(C)c(CNCCc3ccc(OC)cc3OC)c(C(=O)O)c2C)c1. The van der Waals surface area contributed by atoms with Crippen molar-refractivity contribution in [1.29, 1.82) is 0 Å². The second-order valence-electron chi connectivity index (χ2n) is 7.87. The van der Waals surface area contributed by atoms with Crippen LogP contribution in [-0.2, 0) is 19.5 Å². The number of hydrogen-bond acceptors (Lipinski definition) is 5. The fraction of sp³-hybridized carbons (Fsp3) is 0.346. The summed E-state index contributed by atoms with van der Waals surface area (Å²) in [6, 6.07) is 13.6. The van der Waals surface area contributed by atoms with Gasteiger partial charge in [0.1, 0.15) is 17.2 Å². The molecule has 1 heterocycles. The van der Waals surface area contributed by atoms with E-state index in [9.17, 15) is 9.90 Å². The van der Waals surface area contributed by atoms with Crippen molar-refractivity contribution in [2.45, 2.75) is 33.4 Å². The van der Waals surface area contributed by atoms with E-state index in [1.165, 1.54) is 0 Å². The third-order valence-electron chi connectivity index (χ3n) is 5.97. The van der Waals surface area contributed by atoms with Crippen molar-refractivity contribution >= 4 is 5.97 Å². The van der Waals surface area contributed by atoms with Crippen LogP contribution in [0.2, 0.25) is 0 Å². The van der Waals surface area contributed by atoms with Crippen LogP contribution in [0.5, 0.6) is 17.2 Å². The Kier molecular flexibility index (Phi) is 8.01. The first kappa shape index (κ1) is 24.2. The van der Waals surface area contributed by atoms with Gasteiger partial charge in [0.25, 0.3) is 0 Å². The molecule has 2 N–H and O–H groups in total. The lowest BCUT2D eigenvalue weighted by Gasteiger charge is -2.12. The van der Waals surface area contributed by atoms with Gasteiger partial charge in [0, 0.05) is 36.1 Å². The van der Waals surface area contributed by atoms with Crippen LogP contribution in [0.15, 0.2) is 42.5 Å². The highest BCUT2D eigenvalue weighted by molar-refractivity contribution is 5.91. The van der Waals surface area contributed by atoms with Gasteiger partial charge in [-0.3, -0.25) is 0 Å². The lowest BCUT2D eigenvalue weighted by Crippen LogP contribution is -2.19. The van der Waals surface area contributed by atoms with Gasteiger partial charge >= 0.3 is 5.97 Å². The number of carboxylic acids is 1. The Morgan fingerprint density at radius 2 is 1.70 bits per heavy atom. The molecule has 0 unspecified atom stereocenters. The van der Waals surface area contributed by atoms with Gasteiger partial charge in [0.2, 0.25) is 0 Å². The molecule has 0 atom stereocenters. The van der Waals surface area contributed by atoms with Gasteiger partial charge < -0.3 is 29.2 Å². The Morgan fingerprint density at radius 1 is 0.970 bits per heavy atom. The molecular weight excluding hydrogens is 420 g/mol. The Morgan fingerprint density at radius 3 is 2.36 bits per heavy atom. The van der Waals surface area contributed by atoms with E-state index < -0.39 is 5.97 Å². The van der Waals surface area contributed by atoms with E-state index in [0.29, 0.717) is 25.2 Å². The summed E-state index contributed by atoms with van der Waals surface area (Å²) in [7, 11) is 4.90. The predicted molar refractivity (Wildman–Crippen MR) is 128 cm³/mol. The normalized spacial score (nSPS) is 10.8. The van der Waals surface area contributed by atoms with Crippen molar-refractivity contribution in [2.75, 3.05) is 27.9 Å². The molecule has 0 radical (unpaired) electrons. The van der Waals surface area contributed by atoms with Crippen LogP contribution in [0.25, 0.3) is 0 Å². The third kappa shape index (κ3) is 5.49. The van der Waals surface area contributed by atoms with Crippen LogP contribution in [-0.4, -0.2) is 43.5 Å². The minimum absolute atomic E-state index is 0.366. The summed E-state index contributed by atoms with van der Waals surface area (Å²) < 4.78 is 18.1. The predicted octanol–water partition coefficient (Wildman–Crippen LogP) is 4.21. The van der Waals surface area contributed by atoms with Crippen LogP contribution in [0.4, 0.5) is 0 Å². The molecule has 33 heavy (non-hydrogen) atoms. The number of ether oxygens (including phenoxy) is 3. The van der Waals surface area contributed by atoms with E-state index >= 15 is 0 Å². The summed E-state index contributed by atoms with van der Waals surface area (Å²) in [5.41, 5.74) is 4.99. The maximum absolute atomic E-state index is 12.1. The smallest absolute Gasteiger partial charge is 0.337 e. The Labute approximate surface area is 194 Å². The van der Waals surface area contributed by atoms with Gasteiger partial charge in [-0.25, -0.2) is 4.79 Å². The number of carbonyl (C=O) groups is 1. The molecule has 0 fully saturated rings. The van der Waals surface area contributed by atoms with Gasteiger partial charge in [-0.05, 0) is 56.1 Å². The van der Waals surface area contributed by atoms with Crippen LogP contribution < -0.4 is 19.5 Å². The fourth-order valence-corrected chi connectivity index (χ4v) is 4.13. The maximum atomic E-state index is 12.1. The average Bonchev–Trinajstić information content (AvgIpc) is 3.06. The highest BCUT2D eigenvalue weighted by Gasteiger charge is 2.22. The van der Waals surface area contributed by atoms with Gasteiger partial charge in [-0.1, -0.05) is 18.2 Å². The molecule has 0 spiro atoms. The van der Waals surface area contributed by atoms with Crippen molar-refractivity contribution in [3.8, 4) is 17.2 Å². The van der Waals surface area contributed by atoms with E-state index in [0.717, 1.165) is 51.7 Å². The number of nitrogens with one attached hydrogen (secondary N) is 1. The third-order valence-corrected chi connectivity index (χ3v) is 5.97. The molecule has 176 valence electrons. The van der Waals surface area contributed by atoms with E-state index in [1.54, 1.807) is 21.3 Å². The number of aromatic carboxylic acids is 1. The van der Waals surface area contributed by atoms with E-state index in [-0.39, 0.29) is 0 Å². The monoisotopic (exact) mass is 452 g/mol. The van der Waals surface area contributed by atoms with Crippen LogP contribution in [0, 0.1) is 13.8 Å². The number of carboxylic acid groups (broad SMARTS) is 1. The highest BCUT2D eigenvalue weighted by Crippen LogP contribution is 2.26. The van der Waals surface area contributed by atoms with E-state index in [2.05, 4.69) is 9.88 Å². The molecule has 0 aliphatic heterocycles. The fourth-order valence-electron chi connectivity index (χ4n) is 4.13. The zero-order valence-corrected chi connectivity index (χ0v) is 19.9. The van der Waals surface area contributed by atoms with Crippen molar-refractivity contribution in [3.63, 3.8) is 0 Å². The zero-order valence-electron chi connectivity index (χ0n) is 19.9. The molecule has 3 aromatic rings. The van der Waals surface area contributed by atoms with Crippen molar-refractivity contribution < 1.29 is 24.1 Å². The molecule has 2 aromatic carbocycles. The number of aromatic nitrogens is 1. The number of nitrogens with zero attached hydrogens (tertiary/aromatic N) is 1. The zero-order chi connectivity index (χ0) is 24.0. The number of benzene rings is 2. The minimum atomic E-state index is -0.909.